The molecule has 0 unspecified atom stereocenters. The van der Waals surface area contributed by atoms with Crippen LogP contribution in [0.15, 0.2) is 24.3 Å². The van der Waals surface area contributed by atoms with Gasteiger partial charge in [0, 0.05) is 23.6 Å². The topological polar surface area (TPSA) is 3.24 Å². The lowest BCUT2D eigenvalue weighted by Gasteiger charge is -2.37. The molecule has 15 heavy (non-hydrogen) atoms. The molecule has 0 saturated carbocycles. The van der Waals surface area contributed by atoms with Crippen LogP contribution in [0.4, 0.5) is 5.69 Å². The molecule has 1 nitrogen and oxygen atoms in total. The van der Waals surface area contributed by atoms with Gasteiger partial charge in [0.1, 0.15) is 0 Å². The Morgan fingerprint density at radius 1 is 1.27 bits per heavy atom. The van der Waals surface area contributed by atoms with E-state index in [-0.39, 0.29) is 5.54 Å². The summed E-state index contributed by atoms with van der Waals surface area (Å²) in [5.41, 5.74) is 2.88. The molecule has 1 aromatic carbocycles. The van der Waals surface area contributed by atoms with Gasteiger partial charge in [0.15, 0.2) is 0 Å². The van der Waals surface area contributed by atoms with Crippen LogP contribution in [0.3, 0.4) is 0 Å². The number of alkyl halides is 1. The normalized spacial score (nSPS) is 11.5. The molecule has 0 aliphatic rings. The molecule has 0 amide bonds. The number of halogens is 1. The van der Waals surface area contributed by atoms with Gasteiger partial charge in [-0.25, -0.2) is 0 Å². The SMILES string of the molecule is CCC(C)(C)N(C)c1ccccc1CBr. The van der Waals surface area contributed by atoms with Crippen molar-refractivity contribution >= 4 is 21.6 Å². The summed E-state index contributed by atoms with van der Waals surface area (Å²) >= 11 is 3.54. The van der Waals surface area contributed by atoms with Gasteiger partial charge in [-0.3, -0.25) is 0 Å². The number of hydrogen-bond donors (Lipinski definition) is 0. The van der Waals surface area contributed by atoms with Crippen molar-refractivity contribution in [2.45, 2.75) is 38.1 Å². The zero-order valence-corrected chi connectivity index (χ0v) is 11.6. The highest BCUT2D eigenvalue weighted by Crippen LogP contribution is 2.28. The molecule has 1 aromatic rings. The zero-order valence-electron chi connectivity index (χ0n) is 10.0. The van der Waals surface area contributed by atoms with Gasteiger partial charge in [-0.2, -0.15) is 0 Å². The average molecular weight is 270 g/mol. The number of nitrogens with zero attached hydrogens (tertiary/aromatic N) is 1. The first-order valence-corrected chi connectivity index (χ1v) is 6.52. The zero-order chi connectivity index (χ0) is 11.5. The van der Waals surface area contributed by atoms with Crippen LogP contribution in [0, 0.1) is 0 Å². The molecule has 1 rings (SSSR count). The van der Waals surface area contributed by atoms with E-state index in [4.69, 9.17) is 0 Å². The van der Waals surface area contributed by atoms with E-state index in [0.717, 1.165) is 11.8 Å². The summed E-state index contributed by atoms with van der Waals surface area (Å²) in [4.78, 5) is 2.36. The van der Waals surface area contributed by atoms with Crippen molar-refractivity contribution in [3.63, 3.8) is 0 Å². The molecular weight excluding hydrogens is 250 g/mol. The van der Waals surface area contributed by atoms with E-state index < -0.39 is 0 Å². The summed E-state index contributed by atoms with van der Waals surface area (Å²) in [6, 6.07) is 8.55. The third kappa shape index (κ3) is 2.75. The van der Waals surface area contributed by atoms with Crippen LogP contribution in [0.1, 0.15) is 32.8 Å². The predicted molar refractivity (Wildman–Crippen MR) is 71.8 cm³/mol. The van der Waals surface area contributed by atoms with Gasteiger partial charge in [0.05, 0.1) is 0 Å². The fraction of sp³-hybridized carbons (Fsp3) is 0.538. The highest BCUT2D eigenvalue weighted by atomic mass is 79.9. The van der Waals surface area contributed by atoms with Crippen LogP contribution in [0.5, 0.6) is 0 Å². The Labute approximate surface area is 102 Å². The van der Waals surface area contributed by atoms with E-state index in [2.05, 4.69) is 72.9 Å². The van der Waals surface area contributed by atoms with E-state index in [9.17, 15) is 0 Å². The molecule has 0 fully saturated rings. The molecule has 0 radical (unpaired) electrons. The monoisotopic (exact) mass is 269 g/mol. The van der Waals surface area contributed by atoms with E-state index in [1.54, 1.807) is 0 Å². The maximum atomic E-state index is 3.54. The van der Waals surface area contributed by atoms with Crippen LogP contribution < -0.4 is 4.90 Å². The number of rotatable bonds is 4. The molecule has 2 heteroatoms. The quantitative estimate of drug-likeness (QED) is 0.741. The Balaban J connectivity index is 3.05. The predicted octanol–water partition coefficient (Wildman–Crippen LogP) is 4.21. The highest BCUT2D eigenvalue weighted by molar-refractivity contribution is 9.08. The first-order chi connectivity index (χ1) is 7.03. The van der Waals surface area contributed by atoms with Crippen molar-refractivity contribution in [1.29, 1.82) is 0 Å². The lowest BCUT2D eigenvalue weighted by Crippen LogP contribution is -2.40. The van der Waals surface area contributed by atoms with Crippen molar-refractivity contribution in [2.75, 3.05) is 11.9 Å². The second-order valence-electron chi connectivity index (χ2n) is 4.49. The molecular formula is C13H20BrN. The second-order valence-corrected chi connectivity index (χ2v) is 5.05. The third-order valence-corrected chi connectivity index (χ3v) is 3.87. The van der Waals surface area contributed by atoms with Crippen molar-refractivity contribution < 1.29 is 0 Å². The Kier molecular flexibility index (Phi) is 4.21. The summed E-state index contributed by atoms with van der Waals surface area (Å²) < 4.78 is 0. The first-order valence-electron chi connectivity index (χ1n) is 5.40. The molecule has 0 N–H and O–H groups in total. The number of para-hydroxylation sites is 1. The van der Waals surface area contributed by atoms with E-state index >= 15 is 0 Å². The van der Waals surface area contributed by atoms with E-state index in [0.29, 0.717) is 0 Å². The Morgan fingerprint density at radius 3 is 2.40 bits per heavy atom. The van der Waals surface area contributed by atoms with Crippen molar-refractivity contribution in [3.05, 3.63) is 29.8 Å². The largest absolute Gasteiger partial charge is 0.369 e. The standard InChI is InChI=1S/C13H20BrN/c1-5-13(2,3)15(4)12-9-7-6-8-11(12)10-14/h6-9H,5,10H2,1-4H3. The molecule has 0 heterocycles. The minimum Gasteiger partial charge on any atom is -0.369 e. The fourth-order valence-corrected chi connectivity index (χ4v) is 1.99. The minimum atomic E-state index is 0.207. The molecule has 0 aliphatic heterocycles. The van der Waals surface area contributed by atoms with Gasteiger partial charge in [0.2, 0.25) is 0 Å². The van der Waals surface area contributed by atoms with Gasteiger partial charge in [0.25, 0.3) is 0 Å². The summed E-state index contributed by atoms with van der Waals surface area (Å²) in [5.74, 6) is 0. The first kappa shape index (κ1) is 12.6. The van der Waals surface area contributed by atoms with Crippen LogP contribution in [-0.4, -0.2) is 12.6 Å². The molecule has 0 spiro atoms. The van der Waals surface area contributed by atoms with Crippen LogP contribution >= 0.6 is 15.9 Å². The second kappa shape index (κ2) is 5.02. The van der Waals surface area contributed by atoms with Crippen LogP contribution in [-0.2, 0) is 5.33 Å². The molecule has 0 aliphatic carbocycles. The summed E-state index contributed by atoms with van der Waals surface area (Å²) in [6.07, 6.45) is 1.14. The lowest BCUT2D eigenvalue weighted by molar-refractivity contribution is 0.470. The van der Waals surface area contributed by atoms with Gasteiger partial charge in [-0.05, 0) is 31.9 Å². The third-order valence-electron chi connectivity index (χ3n) is 3.27. The van der Waals surface area contributed by atoms with Gasteiger partial charge in [-0.1, -0.05) is 41.1 Å². The smallest absolute Gasteiger partial charge is 0.0409 e. The van der Waals surface area contributed by atoms with E-state index in [1.165, 1.54) is 11.3 Å². The lowest BCUT2D eigenvalue weighted by atomic mass is 9.98. The van der Waals surface area contributed by atoms with E-state index in [1.807, 2.05) is 0 Å². The van der Waals surface area contributed by atoms with Gasteiger partial charge < -0.3 is 4.90 Å². The summed E-state index contributed by atoms with van der Waals surface area (Å²) in [6.45, 7) is 6.78. The Bertz CT molecular complexity index is 320. The average Bonchev–Trinajstić information content (AvgIpc) is 2.28. The molecule has 0 atom stereocenters. The molecule has 0 saturated heterocycles. The minimum absolute atomic E-state index is 0.207. The highest BCUT2D eigenvalue weighted by Gasteiger charge is 2.22. The molecule has 84 valence electrons. The molecule has 0 bridgehead atoms. The van der Waals surface area contributed by atoms with Crippen LogP contribution in [0.25, 0.3) is 0 Å². The number of hydrogen-bond acceptors (Lipinski definition) is 1. The Hall–Kier alpha value is -0.500. The number of anilines is 1. The van der Waals surface area contributed by atoms with Crippen molar-refractivity contribution in [3.8, 4) is 0 Å². The van der Waals surface area contributed by atoms with Crippen LogP contribution in [0.2, 0.25) is 0 Å². The summed E-state index contributed by atoms with van der Waals surface area (Å²) in [5, 5.41) is 0.910. The van der Waals surface area contributed by atoms with Crippen molar-refractivity contribution in [2.24, 2.45) is 0 Å². The summed E-state index contributed by atoms with van der Waals surface area (Å²) in [7, 11) is 2.17. The maximum Gasteiger partial charge on any atom is 0.0409 e. The van der Waals surface area contributed by atoms with Gasteiger partial charge in [-0.15, -0.1) is 0 Å². The number of benzene rings is 1. The Morgan fingerprint density at radius 2 is 1.87 bits per heavy atom. The van der Waals surface area contributed by atoms with Gasteiger partial charge >= 0.3 is 0 Å². The fourth-order valence-electron chi connectivity index (χ4n) is 1.51. The molecule has 0 aromatic heterocycles. The van der Waals surface area contributed by atoms with Crippen molar-refractivity contribution in [1.82, 2.24) is 0 Å². The maximum absolute atomic E-state index is 3.54.